The van der Waals surface area contributed by atoms with Crippen molar-refractivity contribution < 1.29 is 14.7 Å². The summed E-state index contributed by atoms with van der Waals surface area (Å²) in [6.07, 6.45) is 0.557. The molecule has 0 aromatic rings. The summed E-state index contributed by atoms with van der Waals surface area (Å²) in [6.45, 7) is 7.32. The standard InChI is InChI=1S/C12H25N3O3/c1-5-10(8-11(16)17)14-12(18)13-6-7-15(4)9(2)3/h9-10H,5-8H2,1-4H3,(H,16,17)(H2,13,14,18). The van der Waals surface area contributed by atoms with E-state index in [9.17, 15) is 9.59 Å². The van der Waals surface area contributed by atoms with E-state index in [0.717, 1.165) is 6.54 Å². The normalized spacial score (nSPS) is 12.6. The molecule has 1 atom stereocenters. The molecule has 0 aliphatic rings. The summed E-state index contributed by atoms with van der Waals surface area (Å²) in [7, 11) is 1.99. The van der Waals surface area contributed by atoms with Crippen LogP contribution in [0.2, 0.25) is 0 Å². The molecule has 6 nitrogen and oxygen atoms in total. The fraction of sp³-hybridized carbons (Fsp3) is 0.833. The summed E-state index contributed by atoms with van der Waals surface area (Å²) in [6, 6.07) is -0.184. The third-order valence-corrected chi connectivity index (χ3v) is 2.88. The van der Waals surface area contributed by atoms with Gasteiger partial charge >= 0.3 is 12.0 Å². The first-order chi connectivity index (χ1) is 8.36. The first kappa shape index (κ1) is 16.7. The molecular weight excluding hydrogens is 234 g/mol. The van der Waals surface area contributed by atoms with Crippen LogP contribution in [0.25, 0.3) is 0 Å². The van der Waals surface area contributed by atoms with Crippen LogP contribution in [0.15, 0.2) is 0 Å². The second-order valence-electron chi connectivity index (χ2n) is 4.68. The van der Waals surface area contributed by atoms with Crippen LogP contribution in [0.5, 0.6) is 0 Å². The lowest BCUT2D eigenvalue weighted by atomic mass is 10.1. The number of urea groups is 1. The van der Waals surface area contributed by atoms with Crippen LogP contribution in [-0.4, -0.2) is 54.2 Å². The lowest BCUT2D eigenvalue weighted by Gasteiger charge is -2.21. The molecule has 0 heterocycles. The van der Waals surface area contributed by atoms with E-state index < -0.39 is 5.97 Å². The van der Waals surface area contributed by atoms with Gasteiger partial charge < -0.3 is 20.6 Å². The topological polar surface area (TPSA) is 81.7 Å². The van der Waals surface area contributed by atoms with Crippen LogP contribution in [-0.2, 0) is 4.79 Å². The lowest BCUT2D eigenvalue weighted by Crippen LogP contribution is -2.45. The van der Waals surface area contributed by atoms with Crippen LogP contribution >= 0.6 is 0 Å². The van der Waals surface area contributed by atoms with Crippen molar-refractivity contribution >= 4 is 12.0 Å². The van der Waals surface area contributed by atoms with Crippen molar-refractivity contribution in [1.29, 1.82) is 0 Å². The van der Waals surface area contributed by atoms with Crippen LogP contribution in [0.4, 0.5) is 4.79 Å². The highest BCUT2D eigenvalue weighted by molar-refractivity contribution is 5.75. The molecule has 0 aromatic carbocycles. The van der Waals surface area contributed by atoms with Crippen LogP contribution < -0.4 is 10.6 Å². The van der Waals surface area contributed by atoms with Crippen molar-refractivity contribution in [2.75, 3.05) is 20.1 Å². The van der Waals surface area contributed by atoms with Gasteiger partial charge in [0, 0.05) is 25.2 Å². The zero-order valence-electron chi connectivity index (χ0n) is 11.7. The number of likely N-dealkylation sites (N-methyl/N-ethyl adjacent to an activating group) is 1. The number of hydrogen-bond acceptors (Lipinski definition) is 3. The molecule has 2 amide bonds. The minimum absolute atomic E-state index is 0.0458. The molecule has 0 aromatic heterocycles. The average Bonchev–Trinajstić information content (AvgIpc) is 2.27. The molecule has 18 heavy (non-hydrogen) atoms. The molecule has 0 fully saturated rings. The molecule has 0 saturated heterocycles. The third kappa shape index (κ3) is 7.89. The number of carbonyl (C=O) groups excluding carboxylic acids is 1. The molecule has 6 heteroatoms. The van der Waals surface area contributed by atoms with Crippen LogP contribution in [0.3, 0.4) is 0 Å². The molecule has 106 valence electrons. The van der Waals surface area contributed by atoms with E-state index in [1.807, 2.05) is 14.0 Å². The summed E-state index contributed by atoms with van der Waals surface area (Å²) < 4.78 is 0. The molecule has 0 rings (SSSR count). The molecule has 3 N–H and O–H groups in total. The number of amides is 2. The predicted octanol–water partition coefficient (Wildman–Crippen LogP) is 0.879. The SMILES string of the molecule is CCC(CC(=O)O)NC(=O)NCCN(C)C(C)C. The quantitative estimate of drug-likeness (QED) is 0.604. The highest BCUT2D eigenvalue weighted by atomic mass is 16.4. The number of carboxylic acids is 1. The van der Waals surface area contributed by atoms with Crippen LogP contribution in [0.1, 0.15) is 33.6 Å². The Kier molecular flexibility index (Phi) is 8.11. The van der Waals surface area contributed by atoms with Crippen molar-refractivity contribution in [2.45, 2.75) is 45.7 Å². The molecule has 0 radical (unpaired) electrons. The zero-order chi connectivity index (χ0) is 14.1. The van der Waals surface area contributed by atoms with Gasteiger partial charge in [0.05, 0.1) is 6.42 Å². The number of hydrogen-bond donors (Lipinski definition) is 3. The van der Waals surface area contributed by atoms with Gasteiger partial charge in [0.15, 0.2) is 0 Å². The number of carbonyl (C=O) groups is 2. The van der Waals surface area contributed by atoms with Crippen molar-refractivity contribution in [3.63, 3.8) is 0 Å². The Labute approximate surface area is 109 Å². The monoisotopic (exact) mass is 259 g/mol. The largest absolute Gasteiger partial charge is 0.481 e. The van der Waals surface area contributed by atoms with Gasteiger partial charge in [-0.2, -0.15) is 0 Å². The number of rotatable bonds is 8. The Hall–Kier alpha value is -1.30. The fourth-order valence-corrected chi connectivity index (χ4v) is 1.35. The summed E-state index contributed by atoms with van der Waals surface area (Å²) >= 11 is 0. The minimum atomic E-state index is -0.901. The van der Waals surface area contributed by atoms with E-state index in [4.69, 9.17) is 5.11 Å². The average molecular weight is 259 g/mol. The van der Waals surface area contributed by atoms with Crippen molar-refractivity contribution in [1.82, 2.24) is 15.5 Å². The number of carboxylic acid groups (broad SMARTS) is 1. The van der Waals surface area contributed by atoms with E-state index in [0.29, 0.717) is 19.0 Å². The van der Waals surface area contributed by atoms with Crippen molar-refractivity contribution in [2.24, 2.45) is 0 Å². The number of aliphatic carboxylic acids is 1. The maximum absolute atomic E-state index is 11.5. The Morgan fingerprint density at radius 3 is 2.39 bits per heavy atom. The first-order valence-corrected chi connectivity index (χ1v) is 6.33. The molecule has 0 saturated carbocycles. The first-order valence-electron chi connectivity index (χ1n) is 6.33. The number of nitrogens with zero attached hydrogens (tertiary/aromatic N) is 1. The molecule has 1 unspecified atom stereocenters. The van der Waals surface area contributed by atoms with Gasteiger partial charge in [0.25, 0.3) is 0 Å². The highest BCUT2D eigenvalue weighted by Crippen LogP contribution is 1.97. The van der Waals surface area contributed by atoms with Gasteiger partial charge in [-0.25, -0.2) is 4.79 Å². The Morgan fingerprint density at radius 1 is 1.33 bits per heavy atom. The van der Waals surface area contributed by atoms with Crippen LogP contribution in [0, 0.1) is 0 Å². The van der Waals surface area contributed by atoms with Gasteiger partial charge in [-0.3, -0.25) is 4.79 Å². The summed E-state index contributed by atoms with van der Waals surface area (Å²) in [5, 5.41) is 14.0. The van der Waals surface area contributed by atoms with E-state index in [2.05, 4.69) is 29.4 Å². The smallest absolute Gasteiger partial charge is 0.315 e. The predicted molar refractivity (Wildman–Crippen MR) is 70.6 cm³/mol. The van der Waals surface area contributed by atoms with E-state index in [1.165, 1.54) is 0 Å². The van der Waals surface area contributed by atoms with E-state index in [1.54, 1.807) is 0 Å². The molecular formula is C12H25N3O3. The lowest BCUT2D eigenvalue weighted by molar-refractivity contribution is -0.137. The molecule has 0 spiro atoms. The second kappa shape index (κ2) is 8.74. The molecule has 0 bridgehead atoms. The molecule has 0 aliphatic heterocycles. The minimum Gasteiger partial charge on any atom is -0.481 e. The van der Waals surface area contributed by atoms with Gasteiger partial charge in [0.1, 0.15) is 0 Å². The third-order valence-electron chi connectivity index (χ3n) is 2.88. The maximum atomic E-state index is 11.5. The van der Waals surface area contributed by atoms with Gasteiger partial charge in [0.2, 0.25) is 0 Å². The van der Waals surface area contributed by atoms with Gasteiger partial charge in [-0.1, -0.05) is 6.92 Å². The van der Waals surface area contributed by atoms with E-state index >= 15 is 0 Å². The Bertz CT molecular complexity index is 269. The molecule has 0 aliphatic carbocycles. The summed E-state index contributed by atoms with van der Waals surface area (Å²) in [4.78, 5) is 24.2. The van der Waals surface area contributed by atoms with Crippen molar-refractivity contribution in [3.8, 4) is 0 Å². The van der Waals surface area contributed by atoms with Crippen molar-refractivity contribution in [3.05, 3.63) is 0 Å². The maximum Gasteiger partial charge on any atom is 0.315 e. The van der Waals surface area contributed by atoms with Gasteiger partial charge in [-0.05, 0) is 27.3 Å². The van der Waals surface area contributed by atoms with Gasteiger partial charge in [-0.15, -0.1) is 0 Å². The van der Waals surface area contributed by atoms with E-state index in [-0.39, 0.29) is 18.5 Å². The summed E-state index contributed by atoms with van der Waals surface area (Å²) in [5.74, 6) is -0.901. The highest BCUT2D eigenvalue weighted by Gasteiger charge is 2.13. The number of nitrogens with one attached hydrogen (secondary N) is 2. The Morgan fingerprint density at radius 2 is 1.94 bits per heavy atom. The summed E-state index contributed by atoms with van der Waals surface area (Å²) in [5.41, 5.74) is 0. The Balaban J connectivity index is 3.85. The zero-order valence-corrected chi connectivity index (χ0v) is 11.7. The fourth-order valence-electron chi connectivity index (χ4n) is 1.35. The second-order valence-corrected chi connectivity index (χ2v) is 4.68.